The van der Waals surface area contributed by atoms with Crippen molar-refractivity contribution < 1.29 is 4.79 Å². The number of carbonyl (C=O) groups excluding carboxylic acids is 1. The quantitative estimate of drug-likeness (QED) is 0.865. The summed E-state index contributed by atoms with van der Waals surface area (Å²) >= 11 is 0. The van der Waals surface area contributed by atoms with Crippen LogP contribution in [0.15, 0.2) is 24.3 Å². The van der Waals surface area contributed by atoms with Crippen LogP contribution in [0.25, 0.3) is 0 Å². The second kappa shape index (κ2) is 8.16. The van der Waals surface area contributed by atoms with Gasteiger partial charge in [-0.05, 0) is 74.6 Å². The molecule has 2 fully saturated rings. The fourth-order valence-corrected chi connectivity index (χ4v) is 6.04. The van der Waals surface area contributed by atoms with Gasteiger partial charge in [-0.15, -0.1) is 0 Å². The van der Waals surface area contributed by atoms with Crippen molar-refractivity contribution in [2.45, 2.75) is 70.4 Å². The third kappa shape index (κ3) is 3.50. The topological polar surface area (TPSA) is 49.6 Å². The molecule has 1 amide bonds. The van der Waals surface area contributed by atoms with Crippen molar-refractivity contribution in [3.8, 4) is 0 Å². The van der Waals surface area contributed by atoms with E-state index in [4.69, 9.17) is 5.73 Å². The van der Waals surface area contributed by atoms with Gasteiger partial charge < -0.3 is 15.5 Å². The van der Waals surface area contributed by atoms with Gasteiger partial charge in [-0.3, -0.25) is 4.79 Å². The molecule has 3 aliphatic rings. The van der Waals surface area contributed by atoms with Gasteiger partial charge in [0.2, 0.25) is 5.91 Å². The molecule has 2 N–H and O–H groups in total. The van der Waals surface area contributed by atoms with Crippen LogP contribution in [-0.2, 0) is 16.8 Å². The normalized spacial score (nSPS) is 28.0. The molecule has 1 spiro atoms. The number of rotatable bonds is 4. The Labute approximate surface area is 170 Å². The van der Waals surface area contributed by atoms with Crippen molar-refractivity contribution in [3.63, 3.8) is 0 Å². The van der Waals surface area contributed by atoms with Gasteiger partial charge in [-0.2, -0.15) is 0 Å². The average Bonchev–Trinajstić information content (AvgIpc) is 2.73. The highest BCUT2D eigenvalue weighted by atomic mass is 16.2. The molecule has 1 aromatic carbocycles. The standard InChI is InChI=1S/C24H37N3O/c1-18(2)19-7-9-21(10-8-19)26-14-11-24(12-15-26)22-6-4-3-5-20(22)17-27(16-13-25)23(24)28/h3-6,18-19,21H,7-17,25H2,1-2H3. The van der Waals surface area contributed by atoms with E-state index in [9.17, 15) is 4.79 Å². The molecule has 4 rings (SSSR count). The first-order valence-electron chi connectivity index (χ1n) is 11.4. The van der Waals surface area contributed by atoms with Gasteiger partial charge in [0.25, 0.3) is 0 Å². The molecule has 0 bridgehead atoms. The first-order chi connectivity index (χ1) is 13.5. The highest BCUT2D eigenvalue weighted by Gasteiger charge is 2.49. The lowest BCUT2D eigenvalue weighted by Gasteiger charge is -2.49. The zero-order chi connectivity index (χ0) is 19.7. The molecule has 4 nitrogen and oxygen atoms in total. The van der Waals surface area contributed by atoms with Gasteiger partial charge in [0.05, 0.1) is 5.41 Å². The minimum absolute atomic E-state index is 0.319. The molecular weight excluding hydrogens is 346 g/mol. The largest absolute Gasteiger partial charge is 0.336 e. The number of hydrogen-bond donors (Lipinski definition) is 1. The smallest absolute Gasteiger partial charge is 0.233 e. The summed E-state index contributed by atoms with van der Waals surface area (Å²) in [6, 6.07) is 9.34. The Morgan fingerprint density at radius 3 is 2.43 bits per heavy atom. The van der Waals surface area contributed by atoms with Crippen LogP contribution in [0.1, 0.15) is 63.5 Å². The maximum atomic E-state index is 13.5. The first kappa shape index (κ1) is 19.9. The molecule has 154 valence electrons. The van der Waals surface area contributed by atoms with Gasteiger partial charge in [0.15, 0.2) is 0 Å². The fourth-order valence-electron chi connectivity index (χ4n) is 6.04. The summed E-state index contributed by atoms with van der Waals surface area (Å²) in [5.41, 5.74) is 8.09. The van der Waals surface area contributed by atoms with E-state index in [0.29, 0.717) is 19.0 Å². The molecule has 1 aromatic rings. The van der Waals surface area contributed by atoms with Crippen LogP contribution in [0.3, 0.4) is 0 Å². The van der Waals surface area contributed by atoms with E-state index < -0.39 is 0 Å². The Hall–Kier alpha value is -1.39. The van der Waals surface area contributed by atoms with Crippen LogP contribution in [0, 0.1) is 11.8 Å². The monoisotopic (exact) mass is 383 g/mol. The van der Waals surface area contributed by atoms with Crippen LogP contribution in [0.5, 0.6) is 0 Å². The van der Waals surface area contributed by atoms with Crippen LogP contribution < -0.4 is 5.73 Å². The molecule has 1 aliphatic carbocycles. The second-order valence-corrected chi connectivity index (χ2v) is 9.60. The summed E-state index contributed by atoms with van der Waals surface area (Å²) in [6.45, 7) is 8.76. The number of hydrogen-bond acceptors (Lipinski definition) is 3. The number of amides is 1. The van der Waals surface area contributed by atoms with E-state index in [1.54, 1.807) is 0 Å². The molecule has 2 aliphatic heterocycles. The minimum atomic E-state index is -0.324. The van der Waals surface area contributed by atoms with Crippen molar-refractivity contribution in [3.05, 3.63) is 35.4 Å². The summed E-state index contributed by atoms with van der Waals surface area (Å²) < 4.78 is 0. The summed E-state index contributed by atoms with van der Waals surface area (Å²) in [5, 5.41) is 0. The molecule has 2 heterocycles. The zero-order valence-corrected chi connectivity index (χ0v) is 17.7. The lowest BCUT2D eigenvalue weighted by atomic mass is 9.67. The van der Waals surface area contributed by atoms with Crippen molar-refractivity contribution in [2.24, 2.45) is 17.6 Å². The third-order valence-corrected chi connectivity index (χ3v) is 7.84. The Morgan fingerprint density at radius 1 is 1.11 bits per heavy atom. The van der Waals surface area contributed by atoms with Crippen LogP contribution in [0.4, 0.5) is 0 Å². The second-order valence-electron chi connectivity index (χ2n) is 9.60. The Morgan fingerprint density at radius 2 is 1.79 bits per heavy atom. The van der Waals surface area contributed by atoms with Crippen LogP contribution in [-0.4, -0.2) is 47.9 Å². The number of benzene rings is 1. The van der Waals surface area contributed by atoms with E-state index >= 15 is 0 Å². The average molecular weight is 384 g/mol. The Balaban J connectivity index is 1.48. The summed E-state index contributed by atoms with van der Waals surface area (Å²) in [4.78, 5) is 18.2. The van der Waals surface area contributed by atoms with E-state index in [1.807, 2.05) is 4.90 Å². The number of likely N-dealkylation sites (tertiary alicyclic amines) is 1. The minimum Gasteiger partial charge on any atom is -0.336 e. The van der Waals surface area contributed by atoms with Crippen molar-refractivity contribution in [2.75, 3.05) is 26.2 Å². The predicted octanol–water partition coefficient (Wildman–Crippen LogP) is 3.54. The number of piperidine rings is 1. The molecule has 28 heavy (non-hydrogen) atoms. The maximum Gasteiger partial charge on any atom is 0.233 e. The van der Waals surface area contributed by atoms with E-state index in [2.05, 4.69) is 43.0 Å². The Kier molecular flexibility index (Phi) is 5.80. The summed E-state index contributed by atoms with van der Waals surface area (Å²) in [7, 11) is 0. The van der Waals surface area contributed by atoms with Gasteiger partial charge in [-0.1, -0.05) is 38.1 Å². The van der Waals surface area contributed by atoms with Crippen molar-refractivity contribution in [1.82, 2.24) is 9.80 Å². The highest BCUT2D eigenvalue weighted by Crippen LogP contribution is 2.44. The predicted molar refractivity (Wildman–Crippen MR) is 114 cm³/mol. The van der Waals surface area contributed by atoms with Crippen molar-refractivity contribution >= 4 is 5.91 Å². The maximum absolute atomic E-state index is 13.5. The zero-order valence-electron chi connectivity index (χ0n) is 17.7. The Bertz CT molecular complexity index is 685. The van der Waals surface area contributed by atoms with Gasteiger partial charge >= 0.3 is 0 Å². The summed E-state index contributed by atoms with van der Waals surface area (Å²) in [6.07, 6.45) is 7.31. The van der Waals surface area contributed by atoms with Crippen molar-refractivity contribution in [1.29, 1.82) is 0 Å². The van der Waals surface area contributed by atoms with Gasteiger partial charge in [0, 0.05) is 25.7 Å². The molecule has 0 unspecified atom stereocenters. The molecule has 0 aromatic heterocycles. The van der Waals surface area contributed by atoms with Gasteiger partial charge in [-0.25, -0.2) is 0 Å². The molecule has 1 saturated heterocycles. The lowest BCUT2D eigenvalue weighted by molar-refractivity contribution is -0.142. The SMILES string of the molecule is CC(C)C1CCC(N2CCC3(CC2)C(=O)N(CCN)Cc2ccccc23)CC1. The molecule has 0 atom stereocenters. The molecular formula is C24H37N3O. The van der Waals surface area contributed by atoms with Gasteiger partial charge in [0.1, 0.15) is 0 Å². The molecule has 4 heteroatoms. The van der Waals surface area contributed by atoms with Crippen LogP contribution in [0.2, 0.25) is 0 Å². The molecule has 0 radical (unpaired) electrons. The van der Waals surface area contributed by atoms with E-state index in [1.165, 1.54) is 36.8 Å². The fraction of sp³-hybridized carbons (Fsp3) is 0.708. The number of nitrogens with zero attached hydrogens (tertiary/aromatic N) is 2. The number of carbonyl (C=O) groups is 1. The molecule has 1 saturated carbocycles. The summed E-state index contributed by atoms with van der Waals surface area (Å²) in [5.74, 6) is 2.04. The number of fused-ring (bicyclic) bond motifs is 2. The highest BCUT2D eigenvalue weighted by molar-refractivity contribution is 5.90. The first-order valence-corrected chi connectivity index (χ1v) is 11.4. The van der Waals surface area contributed by atoms with E-state index in [-0.39, 0.29) is 5.41 Å². The third-order valence-electron chi connectivity index (χ3n) is 7.84. The number of nitrogens with two attached hydrogens (primary N) is 1. The van der Waals surface area contributed by atoms with Crippen LogP contribution >= 0.6 is 0 Å². The van der Waals surface area contributed by atoms with E-state index in [0.717, 1.165) is 50.4 Å². The lowest BCUT2D eigenvalue weighted by Crippen LogP contribution is -2.57.